The van der Waals surface area contributed by atoms with Crippen LogP contribution in [-0.2, 0) is 13.0 Å². The number of nitrogens with zero attached hydrogens (tertiary/aromatic N) is 3. The van der Waals surface area contributed by atoms with Crippen molar-refractivity contribution in [2.24, 2.45) is 0 Å². The number of aromatic nitrogens is 3. The zero-order valence-electron chi connectivity index (χ0n) is 13.7. The molecule has 0 unspecified atom stereocenters. The van der Waals surface area contributed by atoms with E-state index in [4.69, 9.17) is 4.98 Å². The summed E-state index contributed by atoms with van der Waals surface area (Å²) in [7, 11) is 0. The third-order valence-electron chi connectivity index (χ3n) is 4.30. The number of para-hydroxylation sites is 2. The molecule has 3 heteroatoms. The molecule has 0 radical (unpaired) electrons. The van der Waals surface area contributed by atoms with E-state index in [0.29, 0.717) is 0 Å². The lowest BCUT2D eigenvalue weighted by molar-refractivity contribution is 0.830. The Morgan fingerprint density at radius 2 is 1.62 bits per heavy atom. The van der Waals surface area contributed by atoms with Crippen molar-refractivity contribution in [3.8, 4) is 11.5 Å². The average Bonchev–Trinajstić information content (AvgIpc) is 3.01. The Morgan fingerprint density at radius 1 is 0.833 bits per heavy atom. The van der Waals surface area contributed by atoms with Crippen molar-refractivity contribution in [1.82, 2.24) is 14.5 Å². The van der Waals surface area contributed by atoms with Crippen LogP contribution in [0.1, 0.15) is 18.1 Å². The lowest BCUT2D eigenvalue weighted by Gasteiger charge is -2.09. The molecule has 2 aromatic carbocycles. The standard InChI is InChI=1S/C21H19N3/c1-2-16-12-13-19(22-14-16)21-23-18-10-6-7-11-20(18)24(21)15-17-8-4-3-5-9-17/h3-14H,2,15H2,1H3. The first kappa shape index (κ1) is 14.6. The lowest BCUT2D eigenvalue weighted by Crippen LogP contribution is -2.03. The zero-order valence-corrected chi connectivity index (χ0v) is 13.7. The maximum atomic E-state index is 4.84. The van der Waals surface area contributed by atoms with Gasteiger partial charge in [0.15, 0.2) is 5.82 Å². The van der Waals surface area contributed by atoms with Crippen LogP contribution < -0.4 is 0 Å². The molecule has 0 saturated heterocycles. The van der Waals surface area contributed by atoms with E-state index < -0.39 is 0 Å². The maximum Gasteiger partial charge on any atom is 0.160 e. The summed E-state index contributed by atoms with van der Waals surface area (Å²) in [6.45, 7) is 2.93. The number of benzene rings is 2. The Labute approximate surface area is 141 Å². The van der Waals surface area contributed by atoms with Crippen LogP contribution in [0.25, 0.3) is 22.6 Å². The summed E-state index contributed by atoms with van der Waals surface area (Å²) in [6.07, 6.45) is 2.94. The molecule has 0 atom stereocenters. The fourth-order valence-electron chi connectivity index (χ4n) is 2.96. The maximum absolute atomic E-state index is 4.84. The lowest BCUT2D eigenvalue weighted by atomic mass is 10.2. The van der Waals surface area contributed by atoms with Crippen LogP contribution in [0, 0.1) is 0 Å². The molecular weight excluding hydrogens is 294 g/mol. The summed E-state index contributed by atoms with van der Waals surface area (Å²) in [5.74, 6) is 0.919. The SMILES string of the molecule is CCc1ccc(-c2nc3ccccc3n2Cc2ccccc2)nc1. The highest BCUT2D eigenvalue weighted by Crippen LogP contribution is 2.24. The number of pyridine rings is 1. The minimum atomic E-state index is 0.786. The first-order valence-corrected chi connectivity index (χ1v) is 8.29. The van der Waals surface area contributed by atoms with Crippen molar-refractivity contribution in [3.05, 3.63) is 84.1 Å². The Kier molecular flexibility index (Phi) is 3.83. The van der Waals surface area contributed by atoms with Gasteiger partial charge in [-0.05, 0) is 35.7 Å². The van der Waals surface area contributed by atoms with Crippen LogP contribution >= 0.6 is 0 Å². The summed E-state index contributed by atoms with van der Waals surface area (Å²) < 4.78 is 2.25. The fraction of sp³-hybridized carbons (Fsp3) is 0.143. The van der Waals surface area contributed by atoms with Crippen LogP contribution in [0.4, 0.5) is 0 Å². The number of aryl methyl sites for hydroxylation is 1. The normalized spacial score (nSPS) is 11.0. The van der Waals surface area contributed by atoms with E-state index in [-0.39, 0.29) is 0 Å². The van der Waals surface area contributed by atoms with Crippen molar-refractivity contribution < 1.29 is 0 Å². The summed E-state index contributed by atoms with van der Waals surface area (Å²) in [4.78, 5) is 9.47. The summed E-state index contributed by atoms with van der Waals surface area (Å²) in [5, 5.41) is 0. The molecule has 24 heavy (non-hydrogen) atoms. The Balaban J connectivity index is 1.85. The van der Waals surface area contributed by atoms with Gasteiger partial charge in [-0.25, -0.2) is 4.98 Å². The molecule has 0 saturated carbocycles. The number of fused-ring (bicyclic) bond motifs is 1. The molecule has 0 fully saturated rings. The minimum absolute atomic E-state index is 0.786. The monoisotopic (exact) mass is 313 g/mol. The van der Waals surface area contributed by atoms with Crippen LogP contribution in [0.3, 0.4) is 0 Å². The predicted octanol–water partition coefficient (Wildman–Crippen LogP) is 4.71. The molecule has 3 nitrogen and oxygen atoms in total. The fourth-order valence-corrected chi connectivity index (χ4v) is 2.96. The molecule has 0 aliphatic rings. The molecule has 4 rings (SSSR count). The van der Waals surface area contributed by atoms with Gasteiger partial charge in [0, 0.05) is 12.7 Å². The number of rotatable bonds is 4. The van der Waals surface area contributed by atoms with Gasteiger partial charge >= 0.3 is 0 Å². The molecular formula is C21H19N3. The second kappa shape index (κ2) is 6.28. The first-order chi connectivity index (χ1) is 11.8. The van der Waals surface area contributed by atoms with Gasteiger partial charge in [0.25, 0.3) is 0 Å². The van der Waals surface area contributed by atoms with Crippen LogP contribution in [0.5, 0.6) is 0 Å². The third kappa shape index (κ3) is 2.69. The van der Waals surface area contributed by atoms with E-state index in [9.17, 15) is 0 Å². The molecule has 0 N–H and O–H groups in total. The molecule has 0 spiro atoms. The van der Waals surface area contributed by atoms with Crippen molar-refractivity contribution in [2.75, 3.05) is 0 Å². The second-order valence-electron chi connectivity index (χ2n) is 5.90. The molecule has 118 valence electrons. The zero-order chi connectivity index (χ0) is 16.4. The van der Waals surface area contributed by atoms with Gasteiger partial charge < -0.3 is 4.57 Å². The summed E-state index contributed by atoms with van der Waals surface area (Å²) >= 11 is 0. The molecule has 0 amide bonds. The average molecular weight is 313 g/mol. The van der Waals surface area contributed by atoms with Gasteiger partial charge in [0.2, 0.25) is 0 Å². The smallest absolute Gasteiger partial charge is 0.160 e. The number of hydrogen-bond acceptors (Lipinski definition) is 2. The van der Waals surface area contributed by atoms with Crippen molar-refractivity contribution >= 4 is 11.0 Å². The van der Waals surface area contributed by atoms with Gasteiger partial charge in [-0.1, -0.05) is 55.5 Å². The van der Waals surface area contributed by atoms with Crippen LogP contribution in [0.15, 0.2) is 72.9 Å². The van der Waals surface area contributed by atoms with E-state index in [1.807, 2.05) is 18.3 Å². The highest BCUT2D eigenvalue weighted by atomic mass is 15.1. The molecule has 4 aromatic rings. The highest BCUT2D eigenvalue weighted by Gasteiger charge is 2.13. The van der Waals surface area contributed by atoms with Gasteiger partial charge in [0.1, 0.15) is 5.69 Å². The third-order valence-corrected chi connectivity index (χ3v) is 4.30. The molecule has 2 heterocycles. The Morgan fingerprint density at radius 3 is 2.38 bits per heavy atom. The van der Waals surface area contributed by atoms with Gasteiger partial charge in [-0.15, -0.1) is 0 Å². The number of imidazole rings is 1. The molecule has 0 bridgehead atoms. The van der Waals surface area contributed by atoms with E-state index in [1.165, 1.54) is 11.1 Å². The summed E-state index contributed by atoms with van der Waals surface area (Å²) in [6, 6.07) is 22.9. The van der Waals surface area contributed by atoms with Crippen LogP contribution in [0.2, 0.25) is 0 Å². The van der Waals surface area contributed by atoms with Crippen molar-refractivity contribution in [3.63, 3.8) is 0 Å². The molecule has 0 aliphatic heterocycles. The topological polar surface area (TPSA) is 30.7 Å². The van der Waals surface area contributed by atoms with Gasteiger partial charge in [-0.3, -0.25) is 4.98 Å². The first-order valence-electron chi connectivity index (χ1n) is 8.29. The van der Waals surface area contributed by atoms with Gasteiger partial charge in [0.05, 0.1) is 11.0 Å². The molecule has 2 aromatic heterocycles. The molecule has 0 aliphatic carbocycles. The van der Waals surface area contributed by atoms with E-state index in [2.05, 4.69) is 71.1 Å². The van der Waals surface area contributed by atoms with E-state index in [0.717, 1.165) is 35.5 Å². The van der Waals surface area contributed by atoms with Crippen LogP contribution in [-0.4, -0.2) is 14.5 Å². The predicted molar refractivity (Wildman–Crippen MR) is 97.9 cm³/mol. The second-order valence-corrected chi connectivity index (χ2v) is 5.90. The Hall–Kier alpha value is -2.94. The van der Waals surface area contributed by atoms with Crippen molar-refractivity contribution in [2.45, 2.75) is 19.9 Å². The highest BCUT2D eigenvalue weighted by molar-refractivity contribution is 5.80. The summed E-state index contributed by atoms with van der Waals surface area (Å²) in [5.41, 5.74) is 5.55. The Bertz CT molecular complexity index is 953. The largest absolute Gasteiger partial charge is 0.318 e. The van der Waals surface area contributed by atoms with E-state index in [1.54, 1.807) is 0 Å². The van der Waals surface area contributed by atoms with E-state index >= 15 is 0 Å². The quantitative estimate of drug-likeness (QED) is 0.546. The van der Waals surface area contributed by atoms with Crippen molar-refractivity contribution in [1.29, 1.82) is 0 Å². The van der Waals surface area contributed by atoms with Gasteiger partial charge in [-0.2, -0.15) is 0 Å². The minimum Gasteiger partial charge on any atom is -0.318 e. The number of hydrogen-bond donors (Lipinski definition) is 0.